The number of piperidine rings is 1. The van der Waals surface area contributed by atoms with Gasteiger partial charge in [-0.25, -0.2) is 8.78 Å². The van der Waals surface area contributed by atoms with Crippen LogP contribution in [0.3, 0.4) is 0 Å². The van der Waals surface area contributed by atoms with Crippen molar-refractivity contribution in [2.75, 3.05) is 33.7 Å². The molecule has 0 aromatic heterocycles. The molecular weight excluding hydrogens is 262 g/mol. The first-order valence-electron chi connectivity index (χ1n) is 6.84. The Bertz CT molecular complexity index is 485. The molecule has 0 unspecified atom stereocenters. The Morgan fingerprint density at radius 2 is 2.00 bits per heavy atom. The second kappa shape index (κ2) is 6.41. The zero-order valence-corrected chi connectivity index (χ0v) is 11.9. The van der Waals surface area contributed by atoms with Crippen molar-refractivity contribution in [3.63, 3.8) is 0 Å². The molecule has 1 aromatic carbocycles. The van der Waals surface area contributed by atoms with Crippen molar-refractivity contribution < 1.29 is 13.6 Å². The Balaban J connectivity index is 1.98. The quantitative estimate of drug-likeness (QED) is 0.791. The molecule has 1 fully saturated rings. The highest BCUT2D eigenvalue weighted by molar-refractivity contribution is 5.97. The SMILES string of the molecule is CN1CCC(N(C)CC(=O)c2cc(F)ccc2F)CC1. The normalized spacial score (nSPS) is 17.6. The Hall–Kier alpha value is -1.33. The van der Waals surface area contributed by atoms with Gasteiger partial charge in [0.15, 0.2) is 5.78 Å². The van der Waals surface area contributed by atoms with Gasteiger partial charge in [-0.3, -0.25) is 9.69 Å². The van der Waals surface area contributed by atoms with Gasteiger partial charge in [0.1, 0.15) is 11.6 Å². The number of carbonyl (C=O) groups is 1. The molecule has 0 saturated carbocycles. The molecule has 0 bridgehead atoms. The first kappa shape index (κ1) is 15.1. The number of likely N-dealkylation sites (tertiary alicyclic amines) is 1. The van der Waals surface area contributed by atoms with Crippen molar-refractivity contribution in [2.45, 2.75) is 18.9 Å². The summed E-state index contributed by atoms with van der Waals surface area (Å²) in [6, 6.07) is 3.32. The van der Waals surface area contributed by atoms with Gasteiger partial charge in [-0.1, -0.05) is 0 Å². The maximum absolute atomic E-state index is 13.6. The zero-order chi connectivity index (χ0) is 14.7. The summed E-state index contributed by atoms with van der Waals surface area (Å²) in [6.07, 6.45) is 1.98. The smallest absolute Gasteiger partial charge is 0.179 e. The number of halogens is 2. The number of nitrogens with zero attached hydrogens (tertiary/aromatic N) is 2. The molecule has 3 nitrogen and oxygen atoms in total. The summed E-state index contributed by atoms with van der Waals surface area (Å²) in [5, 5.41) is 0. The van der Waals surface area contributed by atoms with Gasteiger partial charge in [0, 0.05) is 6.04 Å². The second-order valence-corrected chi connectivity index (χ2v) is 5.50. The molecule has 0 aliphatic carbocycles. The van der Waals surface area contributed by atoms with Gasteiger partial charge in [-0.15, -0.1) is 0 Å². The molecular formula is C15H20F2N2O. The van der Waals surface area contributed by atoms with Crippen LogP contribution in [0.5, 0.6) is 0 Å². The molecule has 1 aliphatic heterocycles. The fourth-order valence-electron chi connectivity index (χ4n) is 2.59. The molecule has 0 spiro atoms. The third kappa shape index (κ3) is 3.61. The van der Waals surface area contributed by atoms with Crippen LogP contribution in [0.15, 0.2) is 18.2 Å². The fourth-order valence-corrected chi connectivity index (χ4v) is 2.59. The summed E-state index contributed by atoms with van der Waals surface area (Å²) in [5.41, 5.74) is -0.162. The molecule has 1 heterocycles. The number of hydrogen-bond acceptors (Lipinski definition) is 3. The number of carbonyl (C=O) groups excluding carboxylic acids is 1. The summed E-state index contributed by atoms with van der Waals surface area (Å²) in [7, 11) is 3.94. The van der Waals surface area contributed by atoms with Crippen LogP contribution in [0, 0.1) is 11.6 Å². The number of likely N-dealkylation sites (N-methyl/N-ethyl adjacent to an activating group) is 1. The fraction of sp³-hybridized carbons (Fsp3) is 0.533. The lowest BCUT2D eigenvalue weighted by Gasteiger charge is -2.34. The molecule has 5 heteroatoms. The third-order valence-electron chi connectivity index (χ3n) is 3.93. The monoisotopic (exact) mass is 282 g/mol. The van der Waals surface area contributed by atoms with Crippen LogP contribution < -0.4 is 0 Å². The molecule has 2 rings (SSSR count). The maximum Gasteiger partial charge on any atom is 0.179 e. The molecule has 0 atom stereocenters. The van der Waals surface area contributed by atoms with Crippen LogP contribution >= 0.6 is 0 Å². The number of ketones is 1. The molecule has 0 amide bonds. The average Bonchev–Trinajstić information content (AvgIpc) is 2.42. The molecule has 1 saturated heterocycles. The van der Waals surface area contributed by atoms with E-state index in [4.69, 9.17) is 0 Å². The Labute approximate surface area is 118 Å². The predicted molar refractivity (Wildman–Crippen MR) is 73.8 cm³/mol. The number of benzene rings is 1. The van der Waals surface area contributed by atoms with Gasteiger partial charge in [-0.2, -0.15) is 0 Å². The molecule has 0 N–H and O–H groups in total. The number of rotatable bonds is 4. The van der Waals surface area contributed by atoms with Gasteiger partial charge < -0.3 is 4.90 Å². The van der Waals surface area contributed by atoms with Gasteiger partial charge in [0.2, 0.25) is 0 Å². The van der Waals surface area contributed by atoms with Gasteiger partial charge >= 0.3 is 0 Å². The topological polar surface area (TPSA) is 23.6 Å². The summed E-state index contributed by atoms with van der Waals surface area (Å²) >= 11 is 0. The van der Waals surface area contributed by atoms with E-state index < -0.39 is 11.6 Å². The summed E-state index contributed by atoms with van der Waals surface area (Å²) in [6.45, 7) is 2.11. The molecule has 0 radical (unpaired) electrons. The van der Waals surface area contributed by atoms with Crippen LogP contribution in [0.1, 0.15) is 23.2 Å². The summed E-state index contributed by atoms with van der Waals surface area (Å²) < 4.78 is 26.7. The third-order valence-corrected chi connectivity index (χ3v) is 3.93. The minimum absolute atomic E-state index is 0.120. The zero-order valence-electron chi connectivity index (χ0n) is 11.9. The van der Waals surface area contributed by atoms with Crippen LogP contribution in [0.2, 0.25) is 0 Å². The standard InChI is InChI=1S/C15H20F2N2O/c1-18-7-5-12(6-8-18)19(2)10-15(20)13-9-11(16)3-4-14(13)17/h3-4,9,12H,5-8,10H2,1-2H3. The van der Waals surface area contributed by atoms with Gasteiger partial charge in [-0.05, 0) is 58.2 Å². The van der Waals surface area contributed by atoms with E-state index in [1.165, 1.54) is 0 Å². The van der Waals surface area contributed by atoms with Crippen molar-refractivity contribution in [3.8, 4) is 0 Å². The van der Waals surface area contributed by atoms with Gasteiger partial charge in [0.25, 0.3) is 0 Å². The van der Waals surface area contributed by atoms with E-state index >= 15 is 0 Å². The Kier molecular flexibility index (Phi) is 4.83. The van der Waals surface area contributed by atoms with Crippen molar-refractivity contribution in [1.29, 1.82) is 0 Å². The second-order valence-electron chi connectivity index (χ2n) is 5.50. The summed E-state index contributed by atoms with van der Waals surface area (Å²) in [4.78, 5) is 16.3. The van der Waals surface area contributed by atoms with E-state index in [-0.39, 0.29) is 17.9 Å². The highest BCUT2D eigenvalue weighted by atomic mass is 19.1. The van der Waals surface area contributed by atoms with E-state index in [1.807, 2.05) is 11.9 Å². The van der Waals surface area contributed by atoms with Crippen molar-refractivity contribution in [2.24, 2.45) is 0 Å². The van der Waals surface area contributed by atoms with Crippen LogP contribution in [0.4, 0.5) is 8.78 Å². The van der Waals surface area contributed by atoms with Crippen molar-refractivity contribution >= 4 is 5.78 Å². The highest BCUT2D eigenvalue weighted by Gasteiger charge is 2.23. The van der Waals surface area contributed by atoms with Gasteiger partial charge in [0.05, 0.1) is 12.1 Å². The van der Waals surface area contributed by atoms with E-state index in [0.717, 1.165) is 44.1 Å². The van der Waals surface area contributed by atoms with Crippen molar-refractivity contribution in [1.82, 2.24) is 9.80 Å². The molecule has 110 valence electrons. The van der Waals surface area contributed by atoms with Crippen LogP contribution in [-0.2, 0) is 0 Å². The van der Waals surface area contributed by atoms with Crippen LogP contribution in [-0.4, -0.2) is 55.4 Å². The molecule has 1 aromatic rings. The first-order chi connectivity index (χ1) is 9.47. The highest BCUT2D eigenvalue weighted by Crippen LogP contribution is 2.16. The molecule has 1 aliphatic rings. The van der Waals surface area contributed by atoms with E-state index in [1.54, 1.807) is 0 Å². The lowest BCUT2D eigenvalue weighted by atomic mass is 10.0. The van der Waals surface area contributed by atoms with E-state index in [0.29, 0.717) is 6.04 Å². The first-order valence-corrected chi connectivity index (χ1v) is 6.84. The average molecular weight is 282 g/mol. The lowest BCUT2D eigenvalue weighted by Crippen LogP contribution is -2.43. The number of Topliss-reactive ketones (excluding diaryl/α,β-unsaturated/α-hetero) is 1. The van der Waals surface area contributed by atoms with Crippen LogP contribution in [0.25, 0.3) is 0 Å². The summed E-state index contributed by atoms with van der Waals surface area (Å²) in [5.74, 6) is -1.62. The van der Waals surface area contributed by atoms with E-state index in [9.17, 15) is 13.6 Å². The Morgan fingerprint density at radius 3 is 2.65 bits per heavy atom. The molecule has 20 heavy (non-hydrogen) atoms. The maximum atomic E-state index is 13.6. The predicted octanol–water partition coefficient (Wildman–Crippen LogP) is 2.17. The lowest BCUT2D eigenvalue weighted by molar-refractivity contribution is 0.0867. The Morgan fingerprint density at radius 1 is 1.35 bits per heavy atom. The number of hydrogen-bond donors (Lipinski definition) is 0. The van der Waals surface area contributed by atoms with E-state index in [2.05, 4.69) is 11.9 Å². The van der Waals surface area contributed by atoms with Crippen molar-refractivity contribution in [3.05, 3.63) is 35.4 Å². The minimum Gasteiger partial charge on any atom is -0.306 e. The minimum atomic E-state index is -0.659. The largest absolute Gasteiger partial charge is 0.306 e.